The third-order valence-electron chi connectivity index (χ3n) is 2.46. The topological polar surface area (TPSA) is 95.1 Å². The molecule has 0 saturated heterocycles. The highest BCUT2D eigenvalue weighted by Gasteiger charge is 2.17. The highest BCUT2D eigenvalue weighted by molar-refractivity contribution is 8.13. The molecule has 2 aromatic rings. The predicted molar refractivity (Wildman–Crippen MR) is 67.4 cm³/mol. The fraction of sp³-hybridized carbons (Fsp3) is 0.100. The molecule has 1 aromatic carbocycles. The maximum Gasteiger partial charge on any atom is 0.274 e. The van der Waals surface area contributed by atoms with Gasteiger partial charge in [-0.05, 0) is 12.1 Å². The molecule has 0 spiro atoms. The zero-order valence-corrected chi connectivity index (χ0v) is 11.3. The fourth-order valence-corrected chi connectivity index (χ4v) is 2.25. The number of hydrogen-bond acceptors (Lipinski definition) is 5. The van der Waals surface area contributed by atoms with Gasteiger partial charge >= 0.3 is 0 Å². The van der Waals surface area contributed by atoms with E-state index in [1.165, 1.54) is 0 Å². The van der Waals surface area contributed by atoms with Crippen LogP contribution in [-0.4, -0.2) is 23.1 Å². The van der Waals surface area contributed by atoms with Crippen molar-refractivity contribution in [2.45, 2.75) is 11.4 Å². The first-order chi connectivity index (χ1) is 9.27. The lowest BCUT2D eigenvalue weighted by molar-refractivity contribution is -0.385. The van der Waals surface area contributed by atoms with E-state index in [1.807, 2.05) is 0 Å². The van der Waals surface area contributed by atoms with Crippen LogP contribution in [0.2, 0.25) is 0 Å². The lowest BCUT2D eigenvalue weighted by atomic mass is 10.2. The molecule has 0 N–H and O–H groups in total. The second-order valence-corrected chi connectivity index (χ2v) is 6.41. The number of rotatable bonds is 4. The first kappa shape index (κ1) is 14.4. The van der Waals surface area contributed by atoms with Crippen LogP contribution in [0, 0.1) is 15.9 Å². The van der Waals surface area contributed by atoms with E-state index in [0.29, 0.717) is 0 Å². The van der Waals surface area contributed by atoms with Crippen LogP contribution in [0.3, 0.4) is 0 Å². The first-order valence-corrected chi connectivity index (χ1v) is 7.48. The van der Waals surface area contributed by atoms with Crippen LogP contribution in [0.25, 0.3) is 0 Å². The lowest BCUT2D eigenvalue weighted by Gasteiger charge is -2.03. The maximum absolute atomic E-state index is 13.1. The van der Waals surface area contributed by atoms with E-state index in [-0.39, 0.29) is 22.7 Å². The van der Waals surface area contributed by atoms with Gasteiger partial charge in [0.25, 0.3) is 14.7 Å². The zero-order valence-electron chi connectivity index (χ0n) is 9.73. The molecule has 0 fully saturated rings. The quantitative estimate of drug-likeness (QED) is 0.487. The summed E-state index contributed by atoms with van der Waals surface area (Å²) >= 11 is 0. The SMILES string of the molecule is O=[N+]([O-])c1ccc(F)cc1Cn1cc(S(=O)(=O)Cl)cn1. The van der Waals surface area contributed by atoms with E-state index in [4.69, 9.17) is 10.7 Å². The van der Waals surface area contributed by atoms with Gasteiger partial charge in [0.1, 0.15) is 10.7 Å². The average molecular weight is 320 g/mol. The van der Waals surface area contributed by atoms with Crippen LogP contribution in [0.5, 0.6) is 0 Å². The summed E-state index contributed by atoms with van der Waals surface area (Å²) in [7, 11) is 1.20. The molecule has 0 atom stereocenters. The Morgan fingerprint density at radius 3 is 2.70 bits per heavy atom. The maximum atomic E-state index is 13.1. The summed E-state index contributed by atoms with van der Waals surface area (Å²) in [5.41, 5.74) is -0.214. The van der Waals surface area contributed by atoms with Gasteiger partial charge in [-0.1, -0.05) is 0 Å². The molecule has 20 heavy (non-hydrogen) atoms. The van der Waals surface area contributed by atoms with Gasteiger partial charge in [-0.2, -0.15) is 5.10 Å². The monoisotopic (exact) mass is 319 g/mol. The number of halogens is 2. The summed E-state index contributed by atoms with van der Waals surface area (Å²) in [5, 5.41) is 14.5. The summed E-state index contributed by atoms with van der Waals surface area (Å²) in [5.74, 6) is -0.636. The average Bonchev–Trinajstić information content (AvgIpc) is 2.76. The van der Waals surface area contributed by atoms with Gasteiger partial charge in [0.05, 0.1) is 23.2 Å². The Balaban J connectivity index is 2.37. The molecule has 0 aliphatic heterocycles. The number of nitro groups is 1. The molecule has 106 valence electrons. The Morgan fingerprint density at radius 2 is 2.15 bits per heavy atom. The minimum absolute atomic E-state index is 0.0663. The molecule has 1 heterocycles. The molecule has 0 saturated carbocycles. The molecule has 0 aliphatic rings. The number of nitrogens with zero attached hydrogens (tertiary/aromatic N) is 3. The van der Waals surface area contributed by atoms with Crippen molar-refractivity contribution < 1.29 is 17.7 Å². The van der Waals surface area contributed by atoms with Crippen LogP contribution < -0.4 is 0 Å². The van der Waals surface area contributed by atoms with E-state index in [2.05, 4.69) is 5.10 Å². The molecule has 0 amide bonds. The lowest BCUT2D eigenvalue weighted by Crippen LogP contribution is -2.04. The molecular weight excluding hydrogens is 313 g/mol. The Labute approximate surface area is 117 Å². The molecule has 10 heteroatoms. The molecule has 0 aliphatic carbocycles. The van der Waals surface area contributed by atoms with E-state index in [0.717, 1.165) is 35.3 Å². The summed E-state index contributed by atoms with van der Waals surface area (Å²) in [6, 6.07) is 3.00. The fourth-order valence-electron chi connectivity index (χ4n) is 1.59. The van der Waals surface area contributed by atoms with E-state index in [1.54, 1.807) is 0 Å². The normalized spacial score (nSPS) is 11.5. The van der Waals surface area contributed by atoms with Gasteiger partial charge in [0.15, 0.2) is 0 Å². The van der Waals surface area contributed by atoms with Gasteiger partial charge < -0.3 is 0 Å². The molecule has 2 rings (SSSR count). The van der Waals surface area contributed by atoms with Crippen LogP contribution in [0.4, 0.5) is 10.1 Å². The second kappa shape index (κ2) is 5.17. The molecular formula is C10H7ClFN3O4S. The Hall–Kier alpha value is -2.00. The van der Waals surface area contributed by atoms with Crippen LogP contribution in [0.1, 0.15) is 5.56 Å². The van der Waals surface area contributed by atoms with E-state index < -0.39 is 19.8 Å². The number of nitro benzene ring substituents is 1. The minimum Gasteiger partial charge on any atom is -0.267 e. The van der Waals surface area contributed by atoms with Gasteiger partial charge in [0.2, 0.25) is 0 Å². The largest absolute Gasteiger partial charge is 0.274 e. The standard InChI is InChI=1S/C10H7ClFN3O4S/c11-20(18,19)9-4-13-14(6-9)5-7-3-8(12)1-2-10(7)15(16)17/h1-4,6H,5H2. The zero-order chi connectivity index (χ0) is 14.9. The highest BCUT2D eigenvalue weighted by atomic mass is 35.7. The number of hydrogen-bond donors (Lipinski definition) is 0. The van der Waals surface area contributed by atoms with Crippen molar-refractivity contribution in [1.82, 2.24) is 9.78 Å². The third-order valence-corrected chi connectivity index (χ3v) is 3.77. The van der Waals surface area contributed by atoms with Crippen LogP contribution in [0.15, 0.2) is 35.5 Å². The third kappa shape index (κ3) is 3.11. The van der Waals surface area contributed by atoms with Crippen molar-refractivity contribution in [3.8, 4) is 0 Å². The summed E-state index contributed by atoms with van der Waals surface area (Å²) in [6.07, 6.45) is 2.12. The molecule has 0 radical (unpaired) electrons. The Kier molecular flexibility index (Phi) is 3.73. The highest BCUT2D eigenvalue weighted by Crippen LogP contribution is 2.21. The van der Waals surface area contributed by atoms with Crippen molar-refractivity contribution in [2.75, 3.05) is 0 Å². The number of benzene rings is 1. The molecule has 7 nitrogen and oxygen atoms in total. The summed E-state index contributed by atoms with van der Waals surface area (Å²) in [4.78, 5) is 9.93. The second-order valence-electron chi connectivity index (χ2n) is 3.84. The van der Waals surface area contributed by atoms with Crippen LogP contribution in [-0.2, 0) is 15.6 Å². The summed E-state index contributed by atoms with van der Waals surface area (Å²) < 4.78 is 36.4. The summed E-state index contributed by atoms with van der Waals surface area (Å²) in [6.45, 7) is -0.152. The van der Waals surface area contributed by atoms with Gasteiger partial charge in [-0.15, -0.1) is 0 Å². The predicted octanol–water partition coefficient (Wildman–Crippen LogP) is 1.91. The van der Waals surface area contributed by atoms with E-state index in [9.17, 15) is 22.9 Å². The molecule has 0 bridgehead atoms. The van der Waals surface area contributed by atoms with Crippen molar-refractivity contribution in [3.63, 3.8) is 0 Å². The van der Waals surface area contributed by atoms with Crippen molar-refractivity contribution in [3.05, 3.63) is 52.1 Å². The Morgan fingerprint density at radius 1 is 1.45 bits per heavy atom. The smallest absolute Gasteiger partial charge is 0.267 e. The van der Waals surface area contributed by atoms with E-state index >= 15 is 0 Å². The minimum atomic E-state index is -3.93. The number of aromatic nitrogens is 2. The van der Waals surface area contributed by atoms with Crippen LogP contribution >= 0.6 is 10.7 Å². The Bertz CT molecular complexity index is 775. The van der Waals surface area contributed by atoms with Crippen molar-refractivity contribution >= 4 is 25.4 Å². The van der Waals surface area contributed by atoms with Crippen molar-refractivity contribution in [1.29, 1.82) is 0 Å². The van der Waals surface area contributed by atoms with Crippen molar-refractivity contribution in [2.24, 2.45) is 0 Å². The van der Waals surface area contributed by atoms with Gasteiger partial charge in [0, 0.05) is 22.9 Å². The first-order valence-electron chi connectivity index (χ1n) is 5.17. The molecule has 0 unspecified atom stereocenters. The van der Waals surface area contributed by atoms with Gasteiger partial charge in [-0.3, -0.25) is 14.8 Å². The van der Waals surface area contributed by atoms with Gasteiger partial charge in [-0.25, -0.2) is 12.8 Å². The molecule has 1 aromatic heterocycles.